The van der Waals surface area contributed by atoms with Gasteiger partial charge in [-0.3, -0.25) is 4.79 Å². The predicted octanol–water partition coefficient (Wildman–Crippen LogP) is 2.83. The number of hydrogen-bond donors (Lipinski definition) is 0. The van der Waals surface area contributed by atoms with Gasteiger partial charge in [-0.15, -0.1) is 0 Å². The number of hydrazine groups is 1. The molecule has 2 aliphatic heterocycles. The van der Waals surface area contributed by atoms with Crippen molar-refractivity contribution in [3.8, 4) is 5.88 Å². The summed E-state index contributed by atoms with van der Waals surface area (Å²) in [6.07, 6.45) is 0.812. The number of halogens is 3. The summed E-state index contributed by atoms with van der Waals surface area (Å²) in [4.78, 5) is 23.3. The van der Waals surface area contributed by atoms with Gasteiger partial charge in [0.15, 0.2) is 5.69 Å². The summed E-state index contributed by atoms with van der Waals surface area (Å²) in [5.74, 6) is 0.176. The molecule has 1 saturated carbocycles. The third-order valence-electron chi connectivity index (χ3n) is 6.09. The zero-order valence-electron chi connectivity index (χ0n) is 17.2. The molecule has 2 fully saturated rings. The highest BCUT2D eigenvalue weighted by molar-refractivity contribution is 5.98. The highest BCUT2D eigenvalue weighted by Crippen LogP contribution is 2.41. The molecular weight excluding hydrogens is 425 g/mol. The number of ether oxygens (including phenoxy) is 1. The molecule has 5 rings (SSSR count). The maximum Gasteiger partial charge on any atom is 0.417 e. The van der Waals surface area contributed by atoms with E-state index < -0.39 is 11.7 Å². The van der Waals surface area contributed by atoms with Gasteiger partial charge in [-0.25, -0.2) is 9.97 Å². The first-order valence-electron chi connectivity index (χ1n) is 10.3. The Balaban J connectivity index is 1.33. The molecule has 3 unspecified atom stereocenters. The van der Waals surface area contributed by atoms with Gasteiger partial charge in [0.25, 0.3) is 5.91 Å². The normalized spacial score (nSPS) is 25.1. The van der Waals surface area contributed by atoms with Crippen molar-refractivity contribution in [2.45, 2.75) is 31.2 Å². The summed E-state index contributed by atoms with van der Waals surface area (Å²) < 4.78 is 44.2. The van der Waals surface area contributed by atoms with Crippen LogP contribution in [0.3, 0.4) is 0 Å². The maximum atomic E-state index is 13.4. The monoisotopic (exact) mass is 446 g/mol. The third kappa shape index (κ3) is 3.66. The summed E-state index contributed by atoms with van der Waals surface area (Å²) in [5.41, 5.74) is 0.0718. The lowest BCUT2D eigenvalue weighted by molar-refractivity contribution is -0.137. The number of nitrogens with zero attached hydrogens (tertiary/aromatic N) is 6. The quantitative estimate of drug-likeness (QED) is 0.719. The molecule has 0 N–H and O–H groups in total. The molecule has 1 amide bonds. The highest BCUT2D eigenvalue weighted by Gasteiger charge is 2.49. The smallest absolute Gasteiger partial charge is 0.417 e. The average molecular weight is 446 g/mol. The van der Waals surface area contributed by atoms with E-state index in [1.165, 1.54) is 6.07 Å². The summed E-state index contributed by atoms with van der Waals surface area (Å²) in [6.45, 7) is 1.23. The molecule has 2 aromatic rings. The predicted molar refractivity (Wildman–Crippen MR) is 109 cm³/mol. The second-order valence-corrected chi connectivity index (χ2v) is 8.20. The van der Waals surface area contributed by atoms with E-state index in [4.69, 9.17) is 4.74 Å². The van der Waals surface area contributed by atoms with Crippen LogP contribution in [-0.4, -0.2) is 64.3 Å². The molecule has 168 valence electrons. The Bertz CT molecular complexity index is 1040. The lowest BCUT2D eigenvalue weighted by Crippen LogP contribution is -2.47. The first kappa shape index (κ1) is 20.7. The first-order valence-corrected chi connectivity index (χ1v) is 10.3. The van der Waals surface area contributed by atoms with Crippen LogP contribution >= 0.6 is 0 Å². The summed E-state index contributed by atoms with van der Waals surface area (Å²) in [7, 11) is 1.87. The molecular formula is C21H21F3N6O2. The Hall–Kier alpha value is -3.21. The topological polar surface area (TPSA) is 74.2 Å². The van der Waals surface area contributed by atoms with Crippen molar-refractivity contribution in [1.82, 2.24) is 19.9 Å². The molecule has 11 heteroatoms. The SMILES string of the molecule is CN1CC=NN1c1cccnc1C(=O)N1CC2CC(Oc3ccc(C(F)(F)F)cn3)C1C2. The van der Waals surface area contributed by atoms with Crippen LogP contribution in [0.2, 0.25) is 0 Å². The van der Waals surface area contributed by atoms with Gasteiger partial charge in [-0.2, -0.15) is 28.4 Å². The number of fused-ring (bicyclic) bond motifs is 2. The van der Waals surface area contributed by atoms with Gasteiger partial charge in [0, 0.05) is 38.3 Å². The van der Waals surface area contributed by atoms with Gasteiger partial charge in [-0.1, -0.05) is 0 Å². The summed E-state index contributed by atoms with van der Waals surface area (Å²) in [6, 6.07) is 5.54. The number of alkyl halides is 3. The molecule has 4 heterocycles. The van der Waals surface area contributed by atoms with Crippen molar-refractivity contribution in [2.75, 3.05) is 25.3 Å². The molecule has 2 aromatic heterocycles. The average Bonchev–Trinajstić information content (AvgIpc) is 3.49. The fourth-order valence-corrected chi connectivity index (χ4v) is 4.60. The van der Waals surface area contributed by atoms with Gasteiger partial charge in [-0.05, 0) is 37.0 Å². The third-order valence-corrected chi connectivity index (χ3v) is 6.09. The van der Waals surface area contributed by atoms with Crippen LogP contribution in [0, 0.1) is 5.92 Å². The van der Waals surface area contributed by atoms with E-state index >= 15 is 0 Å². The number of hydrazone groups is 1. The van der Waals surface area contributed by atoms with E-state index in [2.05, 4.69) is 15.1 Å². The van der Waals surface area contributed by atoms with Gasteiger partial charge in [0.1, 0.15) is 11.8 Å². The van der Waals surface area contributed by atoms with Crippen LogP contribution < -0.4 is 9.85 Å². The Kier molecular flexibility index (Phi) is 5.00. The second kappa shape index (κ2) is 7.73. The Morgan fingerprint density at radius 1 is 1.19 bits per heavy atom. The maximum absolute atomic E-state index is 13.4. The molecule has 0 radical (unpaired) electrons. The number of aromatic nitrogens is 2. The highest BCUT2D eigenvalue weighted by atomic mass is 19.4. The van der Waals surface area contributed by atoms with Gasteiger partial charge in [0.2, 0.25) is 5.88 Å². The first-order chi connectivity index (χ1) is 15.3. The Morgan fingerprint density at radius 3 is 2.69 bits per heavy atom. The number of carbonyl (C=O) groups excluding carboxylic acids is 1. The number of amides is 1. The Labute approximate surface area is 182 Å². The number of hydrogen-bond acceptors (Lipinski definition) is 7. The lowest BCUT2D eigenvalue weighted by Gasteiger charge is -2.34. The van der Waals surface area contributed by atoms with E-state index in [0.717, 1.165) is 25.1 Å². The molecule has 3 aliphatic rings. The largest absolute Gasteiger partial charge is 0.472 e. The summed E-state index contributed by atoms with van der Waals surface area (Å²) in [5, 5.41) is 7.82. The van der Waals surface area contributed by atoms with Gasteiger partial charge < -0.3 is 9.64 Å². The number of rotatable bonds is 4. The van der Waals surface area contributed by atoms with E-state index in [1.807, 2.05) is 12.1 Å². The molecule has 32 heavy (non-hydrogen) atoms. The van der Waals surface area contributed by atoms with Gasteiger partial charge >= 0.3 is 6.18 Å². The molecule has 8 nitrogen and oxygen atoms in total. The minimum absolute atomic E-state index is 0.120. The van der Waals surface area contributed by atoms with Crippen molar-refractivity contribution >= 4 is 17.8 Å². The fourth-order valence-electron chi connectivity index (χ4n) is 4.60. The minimum atomic E-state index is -4.45. The zero-order valence-corrected chi connectivity index (χ0v) is 17.2. The van der Waals surface area contributed by atoms with Crippen LogP contribution in [0.25, 0.3) is 0 Å². The van der Waals surface area contributed by atoms with Crippen molar-refractivity contribution < 1.29 is 22.7 Å². The van der Waals surface area contributed by atoms with Crippen LogP contribution in [0.4, 0.5) is 18.9 Å². The lowest BCUT2D eigenvalue weighted by atomic mass is 10.1. The molecule has 1 aliphatic carbocycles. The molecule has 0 spiro atoms. The molecule has 0 aromatic carbocycles. The number of likely N-dealkylation sites (tertiary alicyclic amines) is 1. The van der Waals surface area contributed by atoms with Crippen LogP contribution in [0.15, 0.2) is 41.8 Å². The van der Waals surface area contributed by atoms with Crippen molar-refractivity contribution in [3.05, 3.63) is 47.9 Å². The van der Waals surface area contributed by atoms with E-state index in [1.54, 1.807) is 34.6 Å². The molecule has 2 bridgehead atoms. The molecule has 3 atom stereocenters. The van der Waals surface area contributed by atoms with E-state index in [-0.39, 0.29) is 29.9 Å². The number of anilines is 1. The number of pyridine rings is 2. The fraction of sp³-hybridized carbons (Fsp3) is 0.429. The zero-order chi connectivity index (χ0) is 22.5. The van der Waals surface area contributed by atoms with Crippen molar-refractivity contribution in [2.24, 2.45) is 11.0 Å². The van der Waals surface area contributed by atoms with Crippen LogP contribution in [0.1, 0.15) is 28.9 Å². The minimum Gasteiger partial charge on any atom is -0.472 e. The summed E-state index contributed by atoms with van der Waals surface area (Å²) >= 11 is 0. The molecule has 1 saturated heterocycles. The van der Waals surface area contributed by atoms with Crippen LogP contribution in [-0.2, 0) is 6.18 Å². The van der Waals surface area contributed by atoms with Crippen LogP contribution in [0.5, 0.6) is 5.88 Å². The van der Waals surface area contributed by atoms with Crippen molar-refractivity contribution in [1.29, 1.82) is 0 Å². The second-order valence-electron chi connectivity index (χ2n) is 8.20. The van der Waals surface area contributed by atoms with E-state index in [0.29, 0.717) is 24.5 Å². The number of piperidine rings is 1. The van der Waals surface area contributed by atoms with Gasteiger partial charge in [0.05, 0.1) is 18.2 Å². The number of carbonyl (C=O) groups is 1. The van der Waals surface area contributed by atoms with E-state index in [9.17, 15) is 18.0 Å². The standard InChI is InChI=1S/C21H21F3N6O2/c1-28-8-7-27-30(28)15-3-2-6-25-19(15)20(31)29-12-13-9-16(29)17(10-13)32-18-5-4-14(11-26-18)21(22,23)24/h2-7,11,13,16-17H,8-10,12H2,1H3. The van der Waals surface area contributed by atoms with Crippen molar-refractivity contribution in [3.63, 3.8) is 0 Å². The Morgan fingerprint density at radius 2 is 2.03 bits per heavy atom.